The second-order valence-electron chi connectivity index (χ2n) is 4.70. The first kappa shape index (κ1) is 12.7. The summed E-state index contributed by atoms with van der Waals surface area (Å²) in [5.41, 5.74) is 0. The number of carbonyl (C=O) groups excluding carboxylic acids is 1. The fourth-order valence-electron chi connectivity index (χ4n) is 2.37. The number of aromatic carboxylic acids is 1. The maximum atomic E-state index is 11.8. The first-order chi connectivity index (χ1) is 8.60. The van der Waals surface area contributed by atoms with E-state index in [2.05, 4.69) is 6.92 Å². The average Bonchev–Trinajstić information content (AvgIpc) is 2.88. The van der Waals surface area contributed by atoms with Crippen LogP contribution in [0.2, 0.25) is 0 Å². The van der Waals surface area contributed by atoms with Gasteiger partial charge in [0.1, 0.15) is 5.76 Å². The molecule has 1 aromatic rings. The summed E-state index contributed by atoms with van der Waals surface area (Å²) in [6.45, 7) is 3.22. The van der Waals surface area contributed by atoms with Crippen LogP contribution in [-0.4, -0.2) is 28.4 Å². The third kappa shape index (κ3) is 2.72. The number of carboxylic acids is 1. The lowest BCUT2D eigenvalue weighted by Gasteiger charge is -2.14. The Morgan fingerprint density at radius 3 is 2.94 bits per heavy atom. The molecule has 1 N–H and O–H groups in total. The minimum absolute atomic E-state index is 0.0817. The van der Waals surface area contributed by atoms with Gasteiger partial charge in [-0.05, 0) is 24.5 Å². The Bertz CT molecular complexity index is 452. The lowest BCUT2D eigenvalue weighted by Crippen LogP contribution is -2.24. The SMILES string of the molecule is CCCC1CC(=O)N(Cc2ccc(C(=O)O)o2)C1. The zero-order valence-electron chi connectivity index (χ0n) is 10.4. The highest BCUT2D eigenvalue weighted by atomic mass is 16.4. The van der Waals surface area contributed by atoms with Crippen molar-refractivity contribution in [2.24, 2.45) is 5.92 Å². The number of carboxylic acid groups (broad SMARTS) is 1. The first-order valence-electron chi connectivity index (χ1n) is 6.20. The molecule has 0 aliphatic carbocycles. The van der Waals surface area contributed by atoms with Crippen LogP contribution < -0.4 is 0 Å². The Balaban J connectivity index is 1.96. The van der Waals surface area contributed by atoms with Crippen molar-refractivity contribution in [3.05, 3.63) is 23.7 Å². The molecule has 0 bridgehead atoms. The van der Waals surface area contributed by atoms with E-state index in [1.165, 1.54) is 6.07 Å². The molecule has 18 heavy (non-hydrogen) atoms. The van der Waals surface area contributed by atoms with Gasteiger partial charge in [-0.2, -0.15) is 0 Å². The van der Waals surface area contributed by atoms with Crippen molar-refractivity contribution >= 4 is 11.9 Å². The van der Waals surface area contributed by atoms with Gasteiger partial charge in [-0.3, -0.25) is 4.79 Å². The van der Waals surface area contributed by atoms with Gasteiger partial charge in [0.05, 0.1) is 6.54 Å². The fraction of sp³-hybridized carbons (Fsp3) is 0.538. The maximum absolute atomic E-state index is 11.8. The van der Waals surface area contributed by atoms with Crippen LogP contribution in [0.1, 0.15) is 42.5 Å². The van der Waals surface area contributed by atoms with Crippen LogP contribution in [0.25, 0.3) is 0 Å². The lowest BCUT2D eigenvalue weighted by molar-refractivity contribution is -0.128. The summed E-state index contributed by atoms with van der Waals surface area (Å²) in [6.07, 6.45) is 2.73. The van der Waals surface area contributed by atoms with Crippen molar-refractivity contribution in [2.45, 2.75) is 32.7 Å². The largest absolute Gasteiger partial charge is 0.475 e. The zero-order valence-corrected chi connectivity index (χ0v) is 10.4. The van der Waals surface area contributed by atoms with Crippen molar-refractivity contribution in [1.29, 1.82) is 0 Å². The Labute approximate surface area is 105 Å². The van der Waals surface area contributed by atoms with Crippen LogP contribution in [-0.2, 0) is 11.3 Å². The highest BCUT2D eigenvalue weighted by molar-refractivity contribution is 5.84. The predicted molar refractivity (Wildman–Crippen MR) is 64.1 cm³/mol. The number of likely N-dealkylation sites (tertiary alicyclic amines) is 1. The molecule has 2 rings (SSSR count). The van der Waals surface area contributed by atoms with Crippen LogP contribution in [0.15, 0.2) is 16.5 Å². The van der Waals surface area contributed by atoms with Crippen molar-refractivity contribution in [2.75, 3.05) is 6.54 Å². The van der Waals surface area contributed by atoms with Crippen LogP contribution in [0.4, 0.5) is 0 Å². The van der Waals surface area contributed by atoms with Gasteiger partial charge in [-0.25, -0.2) is 4.79 Å². The standard InChI is InChI=1S/C13H17NO4/c1-2-3-9-6-12(15)14(7-9)8-10-4-5-11(18-10)13(16)17/h4-5,9H,2-3,6-8H2,1H3,(H,16,17). The Hall–Kier alpha value is -1.78. The van der Waals surface area contributed by atoms with E-state index in [1.54, 1.807) is 11.0 Å². The zero-order chi connectivity index (χ0) is 13.1. The molecular weight excluding hydrogens is 234 g/mol. The normalized spacial score (nSPS) is 19.5. The van der Waals surface area contributed by atoms with E-state index in [0.29, 0.717) is 24.6 Å². The van der Waals surface area contributed by atoms with E-state index < -0.39 is 5.97 Å². The topological polar surface area (TPSA) is 70.8 Å². The van der Waals surface area contributed by atoms with Gasteiger partial charge in [0.25, 0.3) is 0 Å². The molecule has 0 aromatic carbocycles. The highest BCUT2D eigenvalue weighted by Gasteiger charge is 2.29. The Morgan fingerprint density at radius 1 is 1.56 bits per heavy atom. The molecule has 5 nitrogen and oxygen atoms in total. The van der Waals surface area contributed by atoms with Crippen LogP contribution in [0.5, 0.6) is 0 Å². The molecule has 5 heteroatoms. The monoisotopic (exact) mass is 251 g/mol. The fourth-order valence-corrected chi connectivity index (χ4v) is 2.37. The summed E-state index contributed by atoms with van der Waals surface area (Å²) in [6, 6.07) is 3.03. The molecule has 0 saturated carbocycles. The van der Waals surface area contributed by atoms with Crippen LogP contribution in [0, 0.1) is 5.92 Å². The third-order valence-corrected chi connectivity index (χ3v) is 3.21. The Morgan fingerprint density at radius 2 is 2.33 bits per heavy atom. The molecule has 2 heterocycles. The molecule has 1 atom stereocenters. The minimum atomic E-state index is -1.09. The average molecular weight is 251 g/mol. The van der Waals surface area contributed by atoms with Gasteiger partial charge >= 0.3 is 5.97 Å². The molecule has 0 radical (unpaired) electrons. The number of nitrogens with zero attached hydrogens (tertiary/aromatic N) is 1. The molecule has 1 saturated heterocycles. The number of rotatable bonds is 5. The van der Waals surface area contributed by atoms with E-state index in [1.807, 2.05) is 0 Å². The lowest BCUT2D eigenvalue weighted by atomic mass is 10.0. The second kappa shape index (κ2) is 5.25. The molecule has 1 aliphatic rings. The maximum Gasteiger partial charge on any atom is 0.371 e. The molecular formula is C13H17NO4. The summed E-state index contributed by atoms with van der Waals surface area (Å²) in [5.74, 6) is -0.0874. The van der Waals surface area contributed by atoms with Gasteiger partial charge in [0, 0.05) is 13.0 Å². The van der Waals surface area contributed by atoms with Gasteiger partial charge in [0.15, 0.2) is 0 Å². The number of hydrogen-bond donors (Lipinski definition) is 1. The molecule has 1 unspecified atom stereocenters. The summed E-state index contributed by atoms with van der Waals surface area (Å²) in [7, 11) is 0. The second-order valence-corrected chi connectivity index (χ2v) is 4.70. The van der Waals surface area contributed by atoms with Crippen LogP contribution in [0.3, 0.4) is 0 Å². The van der Waals surface area contributed by atoms with Crippen molar-refractivity contribution in [3.63, 3.8) is 0 Å². The van der Waals surface area contributed by atoms with E-state index in [9.17, 15) is 9.59 Å². The summed E-state index contributed by atoms with van der Waals surface area (Å²) in [4.78, 5) is 24.2. The quantitative estimate of drug-likeness (QED) is 0.870. The number of furan rings is 1. The molecule has 1 fully saturated rings. The van der Waals surface area contributed by atoms with Gasteiger partial charge in [0.2, 0.25) is 11.7 Å². The van der Waals surface area contributed by atoms with E-state index in [-0.39, 0.29) is 11.7 Å². The molecule has 1 amide bonds. The van der Waals surface area contributed by atoms with Gasteiger partial charge < -0.3 is 14.4 Å². The third-order valence-electron chi connectivity index (χ3n) is 3.21. The van der Waals surface area contributed by atoms with Crippen molar-refractivity contribution in [1.82, 2.24) is 4.90 Å². The predicted octanol–water partition coefficient (Wildman–Crippen LogP) is 2.13. The van der Waals surface area contributed by atoms with Crippen LogP contribution >= 0.6 is 0 Å². The highest BCUT2D eigenvalue weighted by Crippen LogP contribution is 2.24. The van der Waals surface area contributed by atoms with E-state index in [0.717, 1.165) is 19.4 Å². The van der Waals surface area contributed by atoms with E-state index in [4.69, 9.17) is 9.52 Å². The molecule has 0 spiro atoms. The molecule has 1 aromatic heterocycles. The minimum Gasteiger partial charge on any atom is -0.475 e. The molecule has 1 aliphatic heterocycles. The van der Waals surface area contributed by atoms with Crippen molar-refractivity contribution in [3.8, 4) is 0 Å². The number of hydrogen-bond acceptors (Lipinski definition) is 3. The summed E-state index contributed by atoms with van der Waals surface area (Å²) >= 11 is 0. The first-order valence-corrected chi connectivity index (χ1v) is 6.20. The summed E-state index contributed by atoms with van der Waals surface area (Å²) < 4.78 is 5.16. The molecule has 98 valence electrons. The smallest absolute Gasteiger partial charge is 0.371 e. The van der Waals surface area contributed by atoms with Crippen molar-refractivity contribution < 1.29 is 19.1 Å². The van der Waals surface area contributed by atoms with E-state index >= 15 is 0 Å². The summed E-state index contributed by atoms with van der Waals surface area (Å²) in [5, 5.41) is 8.75. The van der Waals surface area contributed by atoms with Gasteiger partial charge in [-0.15, -0.1) is 0 Å². The number of carbonyl (C=O) groups is 2. The Kier molecular flexibility index (Phi) is 3.69. The number of amides is 1. The van der Waals surface area contributed by atoms with Gasteiger partial charge in [-0.1, -0.05) is 13.3 Å².